The zero-order chi connectivity index (χ0) is 19.1. The minimum absolute atomic E-state index is 0.0287. The van der Waals surface area contributed by atoms with Crippen molar-refractivity contribution in [1.29, 1.82) is 0 Å². The molecular weight excluding hydrogens is 488 g/mol. The number of halogens is 3. The molecule has 8 heteroatoms. The molecule has 0 aromatic heterocycles. The fourth-order valence-electron chi connectivity index (χ4n) is 2.04. The van der Waals surface area contributed by atoms with Crippen molar-refractivity contribution in [3.63, 3.8) is 0 Å². The minimum Gasteiger partial charge on any atom is -0.326 e. The first-order valence-corrected chi connectivity index (χ1v) is 9.51. The van der Waals surface area contributed by atoms with Crippen LogP contribution in [0.5, 0.6) is 0 Å². The summed E-state index contributed by atoms with van der Waals surface area (Å²) in [7, 11) is 0. The van der Waals surface area contributed by atoms with Gasteiger partial charge < -0.3 is 5.32 Å². The van der Waals surface area contributed by atoms with E-state index >= 15 is 0 Å². The zero-order valence-corrected chi connectivity index (χ0v) is 17.5. The molecule has 0 aliphatic heterocycles. The van der Waals surface area contributed by atoms with Crippen molar-refractivity contribution in [3.8, 4) is 0 Å². The molecule has 136 valence electrons. The van der Waals surface area contributed by atoms with Crippen molar-refractivity contribution in [3.05, 3.63) is 61.1 Å². The largest absolute Gasteiger partial charge is 0.326 e. The topological polar surface area (TPSA) is 70.6 Å². The van der Waals surface area contributed by atoms with Gasteiger partial charge in [-0.25, -0.2) is 5.43 Å². The molecule has 2 aromatic rings. The Bertz CT molecular complexity index is 856. The van der Waals surface area contributed by atoms with Gasteiger partial charge in [0.05, 0.1) is 11.2 Å². The van der Waals surface area contributed by atoms with E-state index in [-0.39, 0.29) is 24.7 Å². The number of aryl methyl sites for hydroxylation is 1. The minimum atomic E-state index is -0.360. The van der Waals surface area contributed by atoms with Crippen LogP contribution in [-0.2, 0) is 9.59 Å². The number of hydrogen-bond acceptors (Lipinski definition) is 3. The van der Waals surface area contributed by atoms with Crippen LogP contribution in [0.2, 0.25) is 10.0 Å². The summed E-state index contributed by atoms with van der Waals surface area (Å²) in [6.45, 7) is 1.92. The summed E-state index contributed by atoms with van der Waals surface area (Å²) >= 11 is 14.0. The Morgan fingerprint density at radius 3 is 2.54 bits per heavy atom. The van der Waals surface area contributed by atoms with E-state index in [1.54, 1.807) is 18.2 Å². The van der Waals surface area contributed by atoms with Gasteiger partial charge in [0.15, 0.2) is 0 Å². The number of carbonyl (C=O) groups excluding carboxylic acids is 2. The van der Waals surface area contributed by atoms with Crippen molar-refractivity contribution >= 4 is 69.5 Å². The quantitative estimate of drug-likeness (QED) is 0.338. The SMILES string of the molecule is Cc1cc(I)ccc1NC(=O)CCC(=O)NN=Cc1ccc(Cl)cc1Cl. The summed E-state index contributed by atoms with van der Waals surface area (Å²) in [4.78, 5) is 23.7. The van der Waals surface area contributed by atoms with Crippen LogP contribution in [0.4, 0.5) is 5.69 Å². The van der Waals surface area contributed by atoms with E-state index in [2.05, 4.69) is 38.4 Å². The molecular formula is C18H16Cl2IN3O2. The Hall–Kier alpha value is -1.64. The molecule has 0 unspecified atom stereocenters. The van der Waals surface area contributed by atoms with Crippen molar-refractivity contribution < 1.29 is 9.59 Å². The van der Waals surface area contributed by atoms with Gasteiger partial charge in [-0.2, -0.15) is 5.10 Å². The number of anilines is 1. The Morgan fingerprint density at radius 2 is 1.85 bits per heavy atom. The smallest absolute Gasteiger partial charge is 0.240 e. The fourth-order valence-corrected chi connectivity index (χ4v) is 3.15. The lowest BCUT2D eigenvalue weighted by atomic mass is 10.2. The molecule has 26 heavy (non-hydrogen) atoms. The van der Waals surface area contributed by atoms with E-state index < -0.39 is 0 Å². The molecule has 2 rings (SSSR count). The summed E-state index contributed by atoms with van der Waals surface area (Å²) in [6, 6.07) is 10.7. The van der Waals surface area contributed by atoms with Crippen molar-refractivity contribution in [2.75, 3.05) is 5.32 Å². The highest BCUT2D eigenvalue weighted by Gasteiger charge is 2.08. The lowest BCUT2D eigenvalue weighted by Crippen LogP contribution is -2.20. The molecule has 0 saturated carbocycles. The lowest BCUT2D eigenvalue weighted by Gasteiger charge is -2.08. The summed E-state index contributed by atoms with van der Waals surface area (Å²) in [5.74, 6) is -0.588. The first kappa shape index (κ1) is 20.7. The Labute approximate surface area is 175 Å². The second-order valence-electron chi connectivity index (χ2n) is 5.47. The molecule has 0 spiro atoms. The fraction of sp³-hybridized carbons (Fsp3) is 0.167. The Balaban J connectivity index is 1.79. The first-order valence-electron chi connectivity index (χ1n) is 7.68. The van der Waals surface area contributed by atoms with Crippen LogP contribution in [-0.4, -0.2) is 18.0 Å². The van der Waals surface area contributed by atoms with Crippen LogP contribution in [0.3, 0.4) is 0 Å². The van der Waals surface area contributed by atoms with E-state index in [1.807, 2.05) is 25.1 Å². The molecule has 2 aromatic carbocycles. The van der Waals surface area contributed by atoms with Crippen molar-refractivity contribution in [1.82, 2.24) is 5.43 Å². The van der Waals surface area contributed by atoms with Crippen LogP contribution < -0.4 is 10.7 Å². The molecule has 0 heterocycles. The number of nitrogens with one attached hydrogen (secondary N) is 2. The van der Waals surface area contributed by atoms with Crippen LogP contribution in [0, 0.1) is 10.5 Å². The molecule has 0 aliphatic carbocycles. The van der Waals surface area contributed by atoms with Gasteiger partial charge in [-0.05, 0) is 65.4 Å². The molecule has 0 fully saturated rings. The third-order valence-electron chi connectivity index (χ3n) is 3.40. The van der Waals surface area contributed by atoms with Crippen molar-refractivity contribution in [2.24, 2.45) is 5.10 Å². The average Bonchev–Trinajstić information content (AvgIpc) is 2.57. The number of rotatable bonds is 6. The lowest BCUT2D eigenvalue weighted by molar-refractivity contribution is -0.124. The molecule has 0 saturated heterocycles. The second-order valence-corrected chi connectivity index (χ2v) is 7.56. The summed E-state index contributed by atoms with van der Waals surface area (Å²) in [5.41, 5.74) is 4.71. The van der Waals surface area contributed by atoms with Crippen LogP contribution in [0.1, 0.15) is 24.0 Å². The van der Waals surface area contributed by atoms with Gasteiger partial charge in [0.1, 0.15) is 0 Å². The van der Waals surface area contributed by atoms with E-state index in [9.17, 15) is 9.59 Å². The molecule has 5 nitrogen and oxygen atoms in total. The Kier molecular flexibility index (Phi) is 7.86. The van der Waals surface area contributed by atoms with E-state index in [1.165, 1.54) is 6.21 Å². The third kappa shape index (κ3) is 6.59. The van der Waals surface area contributed by atoms with Gasteiger partial charge in [0.2, 0.25) is 11.8 Å². The number of nitrogens with zero attached hydrogens (tertiary/aromatic N) is 1. The highest BCUT2D eigenvalue weighted by Crippen LogP contribution is 2.19. The van der Waals surface area contributed by atoms with Crippen LogP contribution >= 0.6 is 45.8 Å². The van der Waals surface area contributed by atoms with Crippen molar-refractivity contribution in [2.45, 2.75) is 19.8 Å². The number of carbonyl (C=O) groups is 2. The maximum atomic E-state index is 12.0. The summed E-state index contributed by atoms with van der Waals surface area (Å²) < 4.78 is 1.09. The number of hydrogen-bond donors (Lipinski definition) is 2. The normalized spacial score (nSPS) is 10.8. The summed E-state index contributed by atoms with van der Waals surface area (Å²) in [5, 5.41) is 7.58. The first-order chi connectivity index (χ1) is 12.3. The molecule has 2 N–H and O–H groups in total. The molecule has 0 aliphatic rings. The van der Waals surface area contributed by atoms with Gasteiger partial charge >= 0.3 is 0 Å². The Morgan fingerprint density at radius 1 is 1.12 bits per heavy atom. The number of hydrazone groups is 1. The highest BCUT2D eigenvalue weighted by molar-refractivity contribution is 14.1. The van der Waals surface area contributed by atoms with Crippen LogP contribution in [0.15, 0.2) is 41.5 Å². The van der Waals surface area contributed by atoms with Gasteiger partial charge in [-0.3, -0.25) is 9.59 Å². The van der Waals surface area contributed by atoms with Gasteiger partial charge in [0, 0.05) is 32.7 Å². The maximum Gasteiger partial charge on any atom is 0.240 e. The molecule has 0 radical (unpaired) electrons. The van der Waals surface area contributed by atoms with Gasteiger partial charge in [0.25, 0.3) is 0 Å². The predicted molar refractivity (Wildman–Crippen MR) is 114 cm³/mol. The second kappa shape index (κ2) is 9.89. The standard InChI is InChI=1S/C18H16Cl2IN3O2/c1-11-8-14(21)4-5-16(11)23-17(25)6-7-18(26)24-22-10-12-2-3-13(19)9-15(12)20/h2-5,8-10H,6-7H2,1H3,(H,23,25)(H,24,26). The zero-order valence-electron chi connectivity index (χ0n) is 13.9. The third-order valence-corrected chi connectivity index (χ3v) is 4.63. The summed E-state index contributed by atoms with van der Waals surface area (Å²) in [6.07, 6.45) is 1.51. The maximum absolute atomic E-state index is 12.0. The predicted octanol–water partition coefficient (Wildman–Crippen LogP) is 4.78. The monoisotopic (exact) mass is 503 g/mol. The number of amides is 2. The molecule has 2 amide bonds. The van der Waals surface area contributed by atoms with E-state index in [4.69, 9.17) is 23.2 Å². The molecule has 0 bridgehead atoms. The molecule has 0 atom stereocenters. The van der Waals surface area contributed by atoms with Crippen LogP contribution in [0.25, 0.3) is 0 Å². The highest BCUT2D eigenvalue weighted by atomic mass is 127. The average molecular weight is 504 g/mol. The van der Waals surface area contributed by atoms with Gasteiger partial charge in [-0.1, -0.05) is 29.3 Å². The van der Waals surface area contributed by atoms with E-state index in [0.29, 0.717) is 15.6 Å². The van der Waals surface area contributed by atoms with Gasteiger partial charge in [-0.15, -0.1) is 0 Å². The van der Waals surface area contributed by atoms with E-state index in [0.717, 1.165) is 14.8 Å². The number of benzene rings is 2.